The van der Waals surface area contributed by atoms with Crippen molar-refractivity contribution in [3.8, 4) is 0 Å². The summed E-state index contributed by atoms with van der Waals surface area (Å²) in [7, 11) is -5.42. The lowest BCUT2D eigenvalue weighted by molar-refractivity contribution is -0.130. The van der Waals surface area contributed by atoms with Crippen LogP contribution in [0.2, 0.25) is 4.34 Å². The lowest BCUT2D eigenvalue weighted by Gasteiger charge is -2.23. The highest BCUT2D eigenvalue weighted by molar-refractivity contribution is 7.92. The Morgan fingerprint density at radius 3 is 2.68 bits per heavy atom. The predicted molar refractivity (Wildman–Crippen MR) is 84.3 cm³/mol. The van der Waals surface area contributed by atoms with Gasteiger partial charge in [-0.1, -0.05) is 11.6 Å². The third-order valence-corrected chi connectivity index (χ3v) is 8.25. The number of hydrogen-bond acceptors (Lipinski definition) is 6. The normalized spacial score (nSPS) is 20.9. The number of sulfone groups is 1. The number of carbonyl (C=O) groups excluding carboxylic acids is 1. The fourth-order valence-corrected chi connectivity index (χ4v) is 6.36. The van der Waals surface area contributed by atoms with E-state index in [-0.39, 0.29) is 15.7 Å². The first kappa shape index (κ1) is 17.7. The lowest BCUT2D eigenvalue weighted by Crippen LogP contribution is -2.43. The van der Waals surface area contributed by atoms with Crippen molar-refractivity contribution in [2.75, 3.05) is 25.1 Å². The fraction of sp³-hybridized carbons (Fsp3) is 0.545. The molecule has 1 aromatic heterocycles. The highest BCUT2D eigenvalue weighted by Crippen LogP contribution is 2.25. The van der Waals surface area contributed by atoms with Crippen molar-refractivity contribution in [3.63, 3.8) is 0 Å². The lowest BCUT2D eigenvalue weighted by atomic mass is 10.2. The van der Waals surface area contributed by atoms with Crippen LogP contribution in [0.1, 0.15) is 6.42 Å². The number of halogens is 1. The minimum atomic E-state index is -3.80. The monoisotopic (exact) mass is 386 g/mol. The molecule has 1 aromatic rings. The number of carbonyl (C=O) groups is 1. The first-order valence-electron chi connectivity index (χ1n) is 6.32. The van der Waals surface area contributed by atoms with Crippen LogP contribution in [0.5, 0.6) is 0 Å². The maximum Gasteiger partial charge on any atom is 0.250 e. The second kappa shape index (κ2) is 6.44. The van der Waals surface area contributed by atoms with Gasteiger partial charge in [0.05, 0.1) is 22.4 Å². The van der Waals surface area contributed by atoms with Gasteiger partial charge in [-0.3, -0.25) is 4.79 Å². The number of thiophene rings is 1. The van der Waals surface area contributed by atoms with E-state index in [0.29, 0.717) is 10.8 Å². The van der Waals surface area contributed by atoms with E-state index in [1.54, 1.807) is 0 Å². The number of nitrogens with zero attached hydrogens (tertiary/aromatic N) is 1. The van der Waals surface area contributed by atoms with Crippen molar-refractivity contribution in [3.05, 3.63) is 16.5 Å². The first-order chi connectivity index (χ1) is 10.1. The van der Waals surface area contributed by atoms with Gasteiger partial charge in [0.15, 0.2) is 9.84 Å². The third kappa shape index (κ3) is 4.19. The van der Waals surface area contributed by atoms with Crippen LogP contribution in [0, 0.1) is 0 Å². The molecule has 0 radical (unpaired) electrons. The zero-order valence-electron chi connectivity index (χ0n) is 11.7. The molecule has 1 aliphatic rings. The standard InChI is InChI=1S/C11H15ClN2O5S3/c1-14(8-4-5-21(16,17)7-8)10(15)6-13-22(18,19)11-3-2-9(12)20-11/h2-3,8,13H,4-7H2,1H3. The van der Waals surface area contributed by atoms with Crippen LogP contribution in [0.25, 0.3) is 0 Å². The molecule has 0 saturated carbocycles. The minimum Gasteiger partial charge on any atom is -0.341 e. The van der Waals surface area contributed by atoms with Gasteiger partial charge in [0, 0.05) is 13.1 Å². The number of hydrogen-bond donors (Lipinski definition) is 1. The van der Waals surface area contributed by atoms with Crippen LogP contribution in [0.15, 0.2) is 16.3 Å². The molecule has 1 unspecified atom stereocenters. The summed E-state index contributed by atoms with van der Waals surface area (Å²) >= 11 is 6.58. The van der Waals surface area contributed by atoms with E-state index in [9.17, 15) is 21.6 Å². The maximum absolute atomic E-state index is 12.0. The number of nitrogens with one attached hydrogen (secondary N) is 1. The summed E-state index contributed by atoms with van der Waals surface area (Å²) < 4.78 is 49.3. The molecule has 1 amide bonds. The summed E-state index contributed by atoms with van der Waals surface area (Å²) in [6.07, 6.45) is 0.373. The molecule has 2 rings (SSSR count). The Balaban J connectivity index is 1.95. The average molecular weight is 387 g/mol. The Hall–Kier alpha value is -0.680. The zero-order chi connectivity index (χ0) is 16.5. The Bertz CT molecular complexity index is 771. The van der Waals surface area contributed by atoms with Gasteiger partial charge in [0.25, 0.3) is 10.0 Å². The Labute approximate surface area is 138 Å². The molecule has 0 aliphatic carbocycles. The molecule has 7 nitrogen and oxygen atoms in total. The molecule has 1 aliphatic heterocycles. The van der Waals surface area contributed by atoms with Gasteiger partial charge < -0.3 is 4.90 Å². The van der Waals surface area contributed by atoms with Crippen LogP contribution in [0.4, 0.5) is 0 Å². The topological polar surface area (TPSA) is 101 Å². The highest BCUT2D eigenvalue weighted by atomic mass is 35.5. The minimum absolute atomic E-state index is 0.0244. The highest BCUT2D eigenvalue weighted by Gasteiger charge is 2.33. The summed E-state index contributed by atoms with van der Waals surface area (Å²) in [6, 6.07) is 2.41. The number of likely N-dealkylation sites (N-methyl/N-ethyl adjacent to an activating group) is 1. The first-order valence-corrected chi connectivity index (χ1v) is 10.8. The van der Waals surface area contributed by atoms with Crippen molar-refractivity contribution < 1.29 is 21.6 Å². The van der Waals surface area contributed by atoms with Gasteiger partial charge in [-0.05, 0) is 18.6 Å². The van der Waals surface area contributed by atoms with Crippen molar-refractivity contribution in [2.45, 2.75) is 16.7 Å². The van der Waals surface area contributed by atoms with Crippen LogP contribution < -0.4 is 4.72 Å². The molecule has 1 fully saturated rings. The van der Waals surface area contributed by atoms with Gasteiger partial charge in [0.1, 0.15) is 4.21 Å². The van der Waals surface area contributed by atoms with Gasteiger partial charge in [-0.15, -0.1) is 11.3 Å². The van der Waals surface area contributed by atoms with E-state index in [2.05, 4.69) is 4.72 Å². The van der Waals surface area contributed by atoms with Gasteiger partial charge >= 0.3 is 0 Å². The van der Waals surface area contributed by atoms with Crippen molar-refractivity contribution in [1.82, 2.24) is 9.62 Å². The molecule has 11 heteroatoms. The number of rotatable bonds is 5. The van der Waals surface area contributed by atoms with Crippen LogP contribution in [0.3, 0.4) is 0 Å². The quantitative estimate of drug-likeness (QED) is 0.785. The fourth-order valence-electron chi connectivity index (χ4n) is 2.08. The number of sulfonamides is 1. The van der Waals surface area contributed by atoms with Crippen LogP contribution in [-0.2, 0) is 24.7 Å². The second-order valence-electron chi connectivity index (χ2n) is 4.94. The predicted octanol–water partition coefficient (Wildman–Crippen LogP) is 0.325. The van der Waals surface area contributed by atoms with E-state index >= 15 is 0 Å². The van der Waals surface area contributed by atoms with E-state index in [1.807, 2.05) is 0 Å². The molecule has 2 heterocycles. The zero-order valence-corrected chi connectivity index (χ0v) is 14.9. The summed E-state index contributed by atoms with van der Waals surface area (Å²) in [5.41, 5.74) is 0. The van der Waals surface area contributed by atoms with Crippen LogP contribution >= 0.6 is 22.9 Å². The third-order valence-electron chi connectivity index (χ3n) is 3.38. The van der Waals surface area contributed by atoms with Gasteiger partial charge in [-0.2, -0.15) is 0 Å². The number of amides is 1. The molecule has 0 spiro atoms. The van der Waals surface area contributed by atoms with Gasteiger partial charge in [-0.25, -0.2) is 21.6 Å². The summed E-state index contributed by atoms with van der Waals surface area (Å²) in [5.74, 6) is -0.509. The molecule has 124 valence electrons. The second-order valence-corrected chi connectivity index (χ2v) is 10.9. The summed E-state index contributed by atoms with van der Waals surface area (Å²) in [5, 5.41) is 0. The van der Waals surface area contributed by atoms with E-state index < -0.39 is 38.4 Å². The van der Waals surface area contributed by atoms with E-state index in [1.165, 1.54) is 24.1 Å². The molecule has 0 bridgehead atoms. The largest absolute Gasteiger partial charge is 0.341 e. The summed E-state index contributed by atoms with van der Waals surface area (Å²) in [4.78, 5) is 13.3. The van der Waals surface area contributed by atoms with Crippen LogP contribution in [-0.4, -0.2) is 58.8 Å². The SMILES string of the molecule is CN(C(=O)CNS(=O)(=O)c1ccc(Cl)s1)C1CCS(=O)(=O)C1. The van der Waals surface area contributed by atoms with Crippen molar-refractivity contribution in [2.24, 2.45) is 0 Å². The maximum atomic E-state index is 12.0. The van der Waals surface area contributed by atoms with E-state index in [4.69, 9.17) is 11.6 Å². The van der Waals surface area contributed by atoms with E-state index in [0.717, 1.165) is 11.3 Å². The molecular formula is C11H15ClN2O5S3. The molecule has 0 aromatic carbocycles. The Morgan fingerprint density at radius 1 is 1.50 bits per heavy atom. The molecule has 22 heavy (non-hydrogen) atoms. The smallest absolute Gasteiger partial charge is 0.250 e. The van der Waals surface area contributed by atoms with Crippen molar-refractivity contribution in [1.29, 1.82) is 0 Å². The summed E-state index contributed by atoms with van der Waals surface area (Å²) in [6.45, 7) is -0.426. The molecule has 1 saturated heterocycles. The Morgan fingerprint density at radius 2 is 2.18 bits per heavy atom. The van der Waals surface area contributed by atoms with Crippen molar-refractivity contribution >= 4 is 48.7 Å². The van der Waals surface area contributed by atoms with Gasteiger partial charge in [0.2, 0.25) is 5.91 Å². The Kier molecular flexibility index (Phi) is 5.17. The molecule has 1 N–H and O–H groups in total. The average Bonchev–Trinajstić information content (AvgIpc) is 3.01. The molecule has 1 atom stereocenters. The molecular weight excluding hydrogens is 372 g/mol.